The van der Waals surface area contributed by atoms with Crippen molar-refractivity contribution >= 4 is 22.9 Å². The lowest BCUT2D eigenvalue weighted by molar-refractivity contribution is 0.101. The summed E-state index contributed by atoms with van der Waals surface area (Å²) in [6.07, 6.45) is 1.71. The van der Waals surface area contributed by atoms with Crippen LogP contribution >= 0.6 is 11.3 Å². The van der Waals surface area contributed by atoms with Crippen LogP contribution in [-0.4, -0.2) is 17.8 Å². The summed E-state index contributed by atoms with van der Waals surface area (Å²) in [6.45, 7) is 2.34. The zero-order chi connectivity index (χ0) is 12.3. The highest BCUT2D eigenvalue weighted by Crippen LogP contribution is 2.20. The zero-order valence-corrected chi connectivity index (χ0v) is 10.7. The normalized spacial score (nSPS) is 10.2. The Morgan fingerprint density at radius 3 is 2.88 bits per heavy atom. The summed E-state index contributed by atoms with van der Waals surface area (Å²) >= 11 is 1.71. The molecule has 0 spiro atoms. The van der Waals surface area contributed by atoms with E-state index in [0.29, 0.717) is 5.56 Å². The average molecular weight is 246 g/mol. The van der Waals surface area contributed by atoms with Crippen LogP contribution in [0.3, 0.4) is 0 Å². The predicted octanol–water partition coefficient (Wildman–Crippen LogP) is 2.98. The minimum Gasteiger partial charge on any atom is -0.354 e. The van der Waals surface area contributed by atoms with Gasteiger partial charge in [-0.3, -0.25) is 4.79 Å². The fraction of sp³-hybridized carbons (Fsp3) is 0.231. The monoisotopic (exact) mass is 246 g/mol. The number of nitrogens with zero attached hydrogens (tertiary/aromatic N) is 2. The van der Waals surface area contributed by atoms with Gasteiger partial charge < -0.3 is 4.90 Å². The molecule has 0 N–H and O–H groups in total. The van der Waals surface area contributed by atoms with Crippen molar-refractivity contribution in [3.63, 3.8) is 0 Å². The molecule has 0 unspecified atom stereocenters. The molecule has 0 saturated heterocycles. The number of carbonyl (C=O) groups excluding carboxylic acids is 1. The molecule has 2 rings (SSSR count). The molecule has 0 bridgehead atoms. The third kappa shape index (κ3) is 2.71. The van der Waals surface area contributed by atoms with E-state index in [4.69, 9.17) is 0 Å². The van der Waals surface area contributed by atoms with E-state index < -0.39 is 0 Å². The Morgan fingerprint density at radius 1 is 1.41 bits per heavy atom. The highest BCUT2D eigenvalue weighted by atomic mass is 32.1. The number of anilines is 1. The lowest BCUT2D eigenvalue weighted by Gasteiger charge is -2.19. The van der Waals surface area contributed by atoms with Gasteiger partial charge in [-0.25, -0.2) is 4.98 Å². The second-order valence-electron chi connectivity index (χ2n) is 3.87. The third-order valence-corrected chi connectivity index (χ3v) is 3.36. The van der Waals surface area contributed by atoms with Gasteiger partial charge in [-0.15, -0.1) is 11.3 Å². The molecule has 0 aliphatic rings. The quantitative estimate of drug-likeness (QED) is 0.778. The molecule has 4 heteroatoms. The summed E-state index contributed by atoms with van der Waals surface area (Å²) in [5.41, 5.74) is 0.673. The molecule has 0 fully saturated rings. The van der Waals surface area contributed by atoms with E-state index in [9.17, 15) is 4.79 Å². The Kier molecular flexibility index (Phi) is 3.54. The van der Waals surface area contributed by atoms with Gasteiger partial charge in [0.05, 0.1) is 12.1 Å². The van der Waals surface area contributed by atoms with Gasteiger partial charge in [-0.05, 0) is 30.5 Å². The number of hydrogen-bond acceptors (Lipinski definition) is 4. The summed E-state index contributed by atoms with van der Waals surface area (Å²) in [6, 6.07) is 7.71. The SMILES string of the molecule is CC(=O)c1cccnc1N(C)Cc1cccs1. The van der Waals surface area contributed by atoms with Crippen LogP contribution < -0.4 is 4.90 Å². The van der Waals surface area contributed by atoms with Crippen molar-refractivity contribution in [3.8, 4) is 0 Å². The minimum absolute atomic E-state index is 0.0473. The van der Waals surface area contributed by atoms with Crippen LogP contribution in [0, 0.1) is 0 Å². The highest BCUT2D eigenvalue weighted by molar-refractivity contribution is 7.09. The summed E-state index contributed by atoms with van der Waals surface area (Å²) in [5.74, 6) is 0.791. The van der Waals surface area contributed by atoms with Crippen molar-refractivity contribution in [3.05, 3.63) is 46.3 Å². The van der Waals surface area contributed by atoms with Crippen LogP contribution in [0.2, 0.25) is 0 Å². The number of aromatic nitrogens is 1. The second kappa shape index (κ2) is 5.10. The molecule has 0 saturated carbocycles. The van der Waals surface area contributed by atoms with Crippen LogP contribution in [0.5, 0.6) is 0 Å². The first-order valence-corrected chi connectivity index (χ1v) is 6.26. The predicted molar refractivity (Wildman–Crippen MR) is 70.7 cm³/mol. The maximum absolute atomic E-state index is 11.5. The summed E-state index contributed by atoms with van der Waals surface area (Å²) < 4.78 is 0. The number of thiophene rings is 1. The fourth-order valence-corrected chi connectivity index (χ4v) is 2.44. The smallest absolute Gasteiger partial charge is 0.163 e. The summed E-state index contributed by atoms with van der Waals surface area (Å²) in [7, 11) is 1.95. The second-order valence-corrected chi connectivity index (χ2v) is 4.90. The molecule has 3 nitrogen and oxygen atoms in total. The number of ketones is 1. The van der Waals surface area contributed by atoms with Crippen molar-refractivity contribution in [1.29, 1.82) is 0 Å². The van der Waals surface area contributed by atoms with Gasteiger partial charge in [0.2, 0.25) is 0 Å². The van der Waals surface area contributed by atoms with Gasteiger partial charge in [0.1, 0.15) is 5.82 Å². The van der Waals surface area contributed by atoms with E-state index >= 15 is 0 Å². The van der Waals surface area contributed by atoms with Crippen molar-refractivity contribution in [1.82, 2.24) is 4.98 Å². The molecule has 0 amide bonds. The average Bonchev–Trinajstić information content (AvgIpc) is 2.81. The minimum atomic E-state index is 0.0473. The zero-order valence-electron chi connectivity index (χ0n) is 9.88. The maximum Gasteiger partial charge on any atom is 0.163 e. The number of carbonyl (C=O) groups is 1. The van der Waals surface area contributed by atoms with E-state index in [0.717, 1.165) is 12.4 Å². The third-order valence-electron chi connectivity index (χ3n) is 2.50. The van der Waals surface area contributed by atoms with Gasteiger partial charge in [-0.2, -0.15) is 0 Å². The van der Waals surface area contributed by atoms with E-state index in [1.165, 1.54) is 4.88 Å². The fourth-order valence-electron chi connectivity index (χ4n) is 1.69. The Balaban J connectivity index is 2.24. The first-order chi connectivity index (χ1) is 8.18. The number of rotatable bonds is 4. The van der Waals surface area contributed by atoms with Crippen LogP contribution in [0.25, 0.3) is 0 Å². The maximum atomic E-state index is 11.5. The Hall–Kier alpha value is -1.68. The van der Waals surface area contributed by atoms with Crippen molar-refractivity contribution in [2.45, 2.75) is 13.5 Å². The van der Waals surface area contributed by atoms with Gasteiger partial charge in [0.15, 0.2) is 5.78 Å². The first kappa shape index (κ1) is 11.8. The highest BCUT2D eigenvalue weighted by Gasteiger charge is 2.12. The van der Waals surface area contributed by atoms with Crippen molar-refractivity contribution in [2.24, 2.45) is 0 Å². The first-order valence-electron chi connectivity index (χ1n) is 5.38. The molecule has 17 heavy (non-hydrogen) atoms. The lowest BCUT2D eigenvalue weighted by Crippen LogP contribution is -2.19. The molecule has 2 heterocycles. The molecule has 0 aliphatic heterocycles. The molecule has 0 radical (unpaired) electrons. The summed E-state index contributed by atoms with van der Waals surface area (Å²) in [5, 5.41) is 2.05. The number of hydrogen-bond donors (Lipinski definition) is 0. The number of Topliss-reactive ketones (excluding diaryl/α,β-unsaturated/α-hetero) is 1. The molecular weight excluding hydrogens is 232 g/mol. The Bertz CT molecular complexity index is 508. The standard InChI is InChI=1S/C13H14N2OS/c1-10(16)12-6-3-7-14-13(12)15(2)9-11-5-4-8-17-11/h3-8H,9H2,1-2H3. The molecule has 0 aromatic carbocycles. The van der Waals surface area contributed by atoms with Gasteiger partial charge in [0, 0.05) is 18.1 Å². The topological polar surface area (TPSA) is 33.2 Å². The van der Waals surface area contributed by atoms with Gasteiger partial charge >= 0.3 is 0 Å². The van der Waals surface area contributed by atoms with Gasteiger partial charge in [-0.1, -0.05) is 6.07 Å². The summed E-state index contributed by atoms with van der Waals surface area (Å²) in [4.78, 5) is 19.1. The number of pyridine rings is 1. The molecule has 0 atom stereocenters. The van der Waals surface area contributed by atoms with E-state index in [1.54, 1.807) is 30.5 Å². The van der Waals surface area contributed by atoms with Crippen molar-refractivity contribution in [2.75, 3.05) is 11.9 Å². The van der Waals surface area contributed by atoms with E-state index in [1.807, 2.05) is 29.5 Å². The molecule has 2 aromatic rings. The van der Waals surface area contributed by atoms with Crippen LogP contribution in [0.15, 0.2) is 35.8 Å². The van der Waals surface area contributed by atoms with Crippen LogP contribution in [0.1, 0.15) is 22.2 Å². The largest absolute Gasteiger partial charge is 0.354 e. The Labute approximate surface area is 105 Å². The van der Waals surface area contributed by atoms with Crippen molar-refractivity contribution < 1.29 is 4.79 Å². The van der Waals surface area contributed by atoms with Crippen LogP contribution in [0.4, 0.5) is 5.82 Å². The molecule has 2 aromatic heterocycles. The lowest BCUT2D eigenvalue weighted by atomic mass is 10.2. The molecular formula is C13H14N2OS. The van der Waals surface area contributed by atoms with Crippen LogP contribution in [-0.2, 0) is 6.54 Å². The van der Waals surface area contributed by atoms with E-state index in [2.05, 4.69) is 11.1 Å². The molecule has 88 valence electrons. The van der Waals surface area contributed by atoms with Gasteiger partial charge in [0.25, 0.3) is 0 Å². The molecule has 0 aliphatic carbocycles. The Morgan fingerprint density at radius 2 is 2.24 bits per heavy atom. The van der Waals surface area contributed by atoms with E-state index in [-0.39, 0.29) is 5.78 Å².